The van der Waals surface area contributed by atoms with Crippen LogP contribution in [0.15, 0.2) is 70.9 Å². The van der Waals surface area contributed by atoms with E-state index in [2.05, 4.69) is 0 Å². The van der Waals surface area contributed by atoms with Crippen LogP contribution in [-0.2, 0) is 9.59 Å². The van der Waals surface area contributed by atoms with Crippen LogP contribution in [0, 0.1) is 6.92 Å². The number of carbonyl (C=O) groups is 2. The van der Waals surface area contributed by atoms with Crippen LogP contribution in [0.4, 0.5) is 5.69 Å². The predicted molar refractivity (Wildman–Crippen MR) is 119 cm³/mol. The molecule has 0 radical (unpaired) electrons. The number of furan rings is 1. The zero-order valence-corrected chi connectivity index (χ0v) is 17.9. The number of benzene rings is 2. The van der Waals surface area contributed by atoms with Gasteiger partial charge in [0.25, 0.3) is 11.7 Å². The van der Waals surface area contributed by atoms with Gasteiger partial charge in [-0.05, 0) is 62.7 Å². The highest BCUT2D eigenvalue weighted by Gasteiger charge is 2.49. The van der Waals surface area contributed by atoms with Gasteiger partial charge in [0.05, 0.1) is 23.6 Å². The van der Waals surface area contributed by atoms with Crippen molar-refractivity contribution in [3.63, 3.8) is 0 Å². The van der Waals surface area contributed by atoms with Crippen molar-refractivity contribution in [2.45, 2.75) is 32.9 Å². The van der Waals surface area contributed by atoms with Crippen molar-refractivity contribution in [3.05, 3.63) is 83.3 Å². The molecule has 1 atom stereocenters. The monoisotopic (exact) mass is 433 g/mol. The molecule has 1 aliphatic heterocycles. The summed E-state index contributed by atoms with van der Waals surface area (Å²) >= 11 is 0. The number of anilines is 1. The average Bonchev–Trinajstić information content (AvgIpc) is 3.36. The molecule has 2 aromatic carbocycles. The maximum atomic E-state index is 13.1. The third-order valence-electron chi connectivity index (χ3n) is 5.13. The lowest BCUT2D eigenvalue weighted by atomic mass is 9.99. The second-order valence-corrected chi connectivity index (χ2v) is 7.87. The highest BCUT2D eigenvalue weighted by molar-refractivity contribution is 6.51. The number of aromatic hydroxyl groups is 1. The first-order valence-corrected chi connectivity index (χ1v) is 10.2. The molecule has 4 rings (SSSR count). The largest absolute Gasteiger partial charge is 0.507 e. The molecule has 2 heterocycles. The Morgan fingerprint density at radius 1 is 1.09 bits per heavy atom. The van der Waals surface area contributed by atoms with E-state index in [4.69, 9.17) is 9.15 Å². The van der Waals surface area contributed by atoms with Gasteiger partial charge in [0.15, 0.2) is 0 Å². The third kappa shape index (κ3) is 3.73. The first-order valence-electron chi connectivity index (χ1n) is 10.2. The minimum absolute atomic E-state index is 0.0783. The Kier molecular flexibility index (Phi) is 5.48. The molecule has 1 saturated heterocycles. The van der Waals surface area contributed by atoms with Crippen molar-refractivity contribution in [1.29, 1.82) is 0 Å². The van der Waals surface area contributed by atoms with Crippen molar-refractivity contribution in [1.82, 2.24) is 0 Å². The van der Waals surface area contributed by atoms with Crippen LogP contribution in [0.25, 0.3) is 5.76 Å². The highest BCUT2D eigenvalue weighted by atomic mass is 16.5. The van der Waals surface area contributed by atoms with Gasteiger partial charge in [-0.2, -0.15) is 0 Å². The van der Waals surface area contributed by atoms with Gasteiger partial charge < -0.3 is 19.4 Å². The van der Waals surface area contributed by atoms with Crippen LogP contribution in [0.3, 0.4) is 0 Å². The van der Waals surface area contributed by atoms with Gasteiger partial charge in [-0.25, -0.2) is 0 Å². The molecule has 1 amide bonds. The molecule has 0 bridgehead atoms. The molecule has 2 N–H and O–H groups in total. The number of phenolic OH excluding ortho intramolecular Hbond substituents is 1. The Labute approximate surface area is 185 Å². The zero-order valence-electron chi connectivity index (χ0n) is 17.9. The molecule has 1 aliphatic rings. The van der Waals surface area contributed by atoms with Crippen LogP contribution >= 0.6 is 0 Å². The van der Waals surface area contributed by atoms with Gasteiger partial charge in [-0.15, -0.1) is 0 Å². The molecule has 0 spiro atoms. The topological polar surface area (TPSA) is 100 Å². The summed E-state index contributed by atoms with van der Waals surface area (Å²) in [5.41, 5.74) is 1.14. The van der Waals surface area contributed by atoms with Crippen LogP contribution in [0.1, 0.15) is 36.8 Å². The van der Waals surface area contributed by atoms with Crippen LogP contribution in [0.2, 0.25) is 0 Å². The smallest absolute Gasteiger partial charge is 0.300 e. The van der Waals surface area contributed by atoms with Crippen molar-refractivity contribution in [2.75, 3.05) is 4.90 Å². The third-order valence-corrected chi connectivity index (χ3v) is 5.13. The summed E-state index contributed by atoms with van der Waals surface area (Å²) in [4.78, 5) is 27.3. The lowest BCUT2D eigenvalue weighted by Crippen LogP contribution is -2.29. The summed E-state index contributed by atoms with van der Waals surface area (Å²) in [7, 11) is 0. The summed E-state index contributed by atoms with van der Waals surface area (Å²) in [5.74, 6) is -1.47. The quantitative estimate of drug-likeness (QED) is 0.343. The number of amides is 1. The number of Topliss-reactive ketones (excluding diaryl/α,β-unsaturated/α-hetero) is 1. The van der Waals surface area contributed by atoms with E-state index < -0.39 is 17.7 Å². The van der Waals surface area contributed by atoms with Crippen LogP contribution in [-0.4, -0.2) is 28.0 Å². The number of nitrogens with zero attached hydrogens (tertiary/aromatic N) is 1. The van der Waals surface area contributed by atoms with Crippen LogP contribution in [0.5, 0.6) is 11.5 Å². The number of aliphatic hydroxyl groups is 1. The van der Waals surface area contributed by atoms with E-state index in [1.807, 2.05) is 20.8 Å². The minimum Gasteiger partial charge on any atom is -0.507 e. The lowest BCUT2D eigenvalue weighted by Gasteiger charge is -2.24. The first-order chi connectivity index (χ1) is 15.3. The van der Waals surface area contributed by atoms with Crippen molar-refractivity contribution in [2.24, 2.45) is 0 Å². The number of ketones is 1. The predicted octanol–water partition coefficient (Wildman–Crippen LogP) is 4.71. The number of rotatable bonds is 5. The summed E-state index contributed by atoms with van der Waals surface area (Å²) in [6.45, 7) is 5.56. The van der Waals surface area contributed by atoms with E-state index in [9.17, 15) is 19.8 Å². The van der Waals surface area contributed by atoms with E-state index in [1.54, 1.807) is 48.5 Å². The maximum absolute atomic E-state index is 13.1. The number of aliphatic hydroxyl groups excluding tert-OH is 1. The molecule has 7 heteroatoms. The van der Waals surface area contributed by atoms with Gasteiger partial charge in [-0.3, -0.25) is 14.5 Å². The fourth-order valence-corrected chi connectivity index (χ4v) is 3.77. The molecule has 3 aromatic rings. The maximum Gasteiger partial charge on any atom is 0.300 e. The molecule has 164 valence electrons. The number of hydrogen-bond donors (Lipinski definition) is 2. The second-order valence-electron chi connectivity index (χ2n) is 7.87. The molecule has 0 saturated carbocycles. The molecule has 1 aromatic heterocycles. The minimum atomic E-state index is -1.05. The van der Waals surface area contributed by atoms with E-state index >= 15 is 0 Å². The molecule has 1 unspecified atom stereocenters. The number of phenols is 1. The molecule has 1 fully saturated rings. The zero-order chi connectivity index (χ0) is 23.0. The Bertz CT molecular complexity index is 1210. The highest BCUT2D eigenvalue weighted by Crippen LogP contribution is 2.45. The van der Waals surface area contributed by atoms with Gasteiger partial charge >= 0.3 is 0 Å². The van der Waals surface area contributed by atoms with Crippen molar-refractivity contribution >= 4 is 23.1 Å². The van der Waals surface area contributed by atoms with E-state index in [0.717, 1.165) is 10.5 Å². The molecule has 0 aliphatic carbocycles. The van der Waals surface area contributed by atoms with E-state index in [-0.39, 0.29) is 34.6 Å². The Morgan fingerprint density at radius 3 is 2.56 bits per heavy atom. The van der Waals surface area contributed by atoms with Gasteiger partial charge in [-0.1, -0.05) is 18.2 Å². The molecule has 32 heavy (non-hydrogen) atoms. The van der Waals surface area contributed by atoms with Crippen molar-refractivity contribution in [3.8, 4) is 11.5 Å². The summed E-state index contributed by atoms with van der Waals surface area (Å²) < 4.78 is 11.2. The second kappa shape index (κ2) is 8.26. The summed E-state index contributed by atoms with van der Waals surface area (Å²) in [6, 6.07) is 13.6. The Balaban J connectivity index is 1.90. The van der Waals surface area contributed by atoms with Crippen LogP contribution < -0.4 is 9.64 Å². The van der Waals surface area contributed by atoms with E-state index in [1.165, 1.54) is 12.3 Å². The number of aryl methyl sites for hydroxylation is 1. The molecular formula is C25H23NO6. The number of hydrogen-bond acceptors (Lipinski definition) is 6. The molecular weight excluding hydrogens is 410 g/mol. The van der Waals surface area contributed by atoms with Crippen molar-refractivity contribution < 1.29 is 29.0 Å². The first kappa shape index (κ1) is 21.2. The number of carbonyl (C=O) groups excluding carboxylic acids is 2. The Hall–Kier alpha value is -4.00. The average molecular weight is 433 g/mol. The van der Waals surface area contributed by atoms with Gasteiger partial charge in [0.1, 0.15) is 29.1 Å². The number of ether oxygens (including phenoxy) is 1. The van der Waals surface area contributed by atoms with Gasteiger partial charge in [0, 0.05) is 5.56 Å². The fraction of sp³-hybridized carbons (Fsp3) is 0.200. The molecule has 7 nitrogen and oxygen atoms in total. The Morgan fingerprint density at radius 2 is 1.88 bits per heavy atom. The standard InChI is InChI=1S/C25H23NO6/c1-14(2)32-17-7-4-6-16(13-17)23(28)21-22(20-8-5-11-31-20)26(25(30)24(21)29)18-12-15(3)9-10-19(18)27/h4-14,22,27-28H,1-3H3/b23-21-. The lowest BCUT2D eigenvalue weighted by molar-refractivity contribution is -0.132. The van der Waals surface area contributed by atoms with Gasteiger partial charge in [0.2, 0.25) is 0 Å². The summed E-state index contributed by atoms with van der Waals surface area (Å²) in [6.07, 6.45) is 1.34. The normalized spacial score (nSPS) is 17.9. The SMILES string of the molecule is Cc1ccc(O)c(N2C(=O)C(=O)/C(=C(\O)c3cccc(OC(C)C)c3)C2c2ccco2)c1. The van der Waals surface area contributed by atoms with E-state index in [0.29, 0.717) is 11.3 Å². The summed E-state index contributed by atoms with van der Waals surface area (Å²) in [5, 5.41) is 21.6. The fourth-order valence-electron chi connectivity index (χ4n) is 3.77.